The zero-order valence-corrected chi connectivity index (χ0v) is 18.3. The number of nitrogens with zero attached hydrogens (tertiary/aromatic N) is 2. The van der Waals surface area contributed by atoms with Crippen molar-refractivity contribution in [3.8, 4) is 22.5 Å². The Morgan fingerprint density at radius 2 is 1.41 bits per heavy atom. The van der Waals surface area contributed by atoms with Crippen LogP contribution in [0.4, 0.5) is 0 Å². The first-order valence-corrected chi connectivity index (χ1v) is 10.4. The van der Waals surface area contributed by atoms with Crippen LogP contribution in [0, 0.1) is 19.8 Å². The maximum Gasteiger partial charge on any atom is 0.272 e. The van der Waals surface area contributed by atoms with Crippen LogP contribution in [0.5, 0.6) is 0 Å². The third-order valence-electron chi connectivity index (χ3n) is 5.01. The van der Waals surface area contributed by atoms with Crippen molar-refractivity contribution in [2.75, 3.05) is 0 Å². The zero-order valence-electron chi connectivity index (χ0n) is 18.3. The number of benzene rings is 2. The minimum absolute atomic E-state index is 0. The average Bonchev–Trinajstić information content (AvgIpc) is 2.73. The van der Waals surface area contributed by atoms with Crippen molar-refractivity contribution in [2.24, 2.45) is 11.7 Å². The normalized spacial score (nSPS) is 11.5. The van der Waals surface area contributed by atoms with Gasteiger partial charge in [-0.1, -0.05) is 80.9 Å². The zero-order chi connectivity index (χ0) is 22.5. The van der Waals surface area contributed by atoms with Gasteiger partial charge in [-0.2, -0.15) is 0 Å². The van der Waals surface area contributed by atoms with Crippen molar-refractivity contribution in [1.29, 1.82) is 0 Å². The molecule has 0 spiro atoms. The van der Waals surface area contributed by atoms with Gasteiger partial charge in [0.1, 0.15) is 11.7 Å². The van der Waals surface area contributed by atoms with Crippen molar-refractivity contribution in [2.45, 2.75) is 47.6 Å². The summed E-state index contributed by atoms with van der Waals surface area (Å²) in [6.45, 7) is 7.97. The third kappa shape index (κ3) is 6.00. The van der Waals surface area contributed by atoms with E-state index in [1.807, 2.05) is 76.2 Å². The summed E-state index contributed by atoms with van der Waals surface area (Å²) >= 11 is 0. The van der Waals surface area contributed by atoms with Crippen molar-refractivity contribution >= 4 is 11.8 Å². The molecule has 32 heavy (non-hydrogen) atoms. The average molecular weight is 433 g/mol. The first kappa shape index (κ1) is 24.7. The Hall–Kier alpha value is -3.54. The summed E-state index contributed by atoms with van der Waals surface area (Å²) < 4.78 is 0. The van der Waals surface area contributed by atoms with Gasteiger partial charge in [-0.25, -0.2) is 4.98 Å². The molecule has 168 valence electrons. The van der Waals surface area contributed by atoms with Gasteiger partial charge >= 0.3 is 0 Å². The lowest BCUT2D eigenvalue weighted by Crippen LogP contribution is -2.45. The number of aromatic nitrogens is 2. The van der Waals surface area contributed by atoms with Crippen LogP contribution >= 0.6 is 0 Å². The van der Waals surface area contributed by atoms with Crippen LogP contribution in [-0.4, -0.2) is 27.8 Å². The quantitative estimate of drug-likeness (QED) is 0.566. The molecule has 0 bridgehead atoms. The van der Waals surface area contributed by atoms with Gasteiger partial charge in [0.25, 0.3) is 5.91 Å². The number of primary amides is 1. The van der Waals surface area contributed by atoms with Gasteiger partial charge in [-0.05, 0) is 26.2 Å². The molecule has 0 aliphatic heterocycles. The van der Waals surface area contributed by atoms with Crippen LogP contribution in [0.25, 0.3) is 22.5 Å². The monoisotopic (exact) mass is 432 g/mol. The van der Waals surface area contributed by atoms with E-state index in [0.29, 0.717) is 17.8 Å². The van der Waals surface area contributed by atoms with E-state index in [2.05, 4.69) is 15.3 Å². The van der Waals surface area contributed by atoms with Gasteiger partial charge in [0.2, 0.25) is 5.91 Å². The summed E-state index contributed by atoms with van der Waals surface area (Å²) in [6, 6.07) is 15.2. The van der Waals surface area contributed by atoms with E-state index >= 15 is 0 Å². The van der Waals surface area contributed by atoms with E-state index < -0.39 is 17.9 Å². The van der Waals surface area contributed by atoms with Crippen LogP contribution in [0.2, 0.25) is 0 Å². The summed E-state index contributed by atoms with van der Waals surface area (Å²) in [5, 5.41) is 2.70. The van der Waals surface area contributed by atoms with E-state index in [0.717, 1.165) is 22.3 Å². The maximum absolute atomic E-state index is 12.8. The highest BCUT2D eigenvalue weighted by Gasteiger charge is 2.22. The summed E-state index contributed by atoms with van der Waals surface area (Å²) in [6.07, 6.45) is 1.90. The van der Waals surface area contributed by atoms with Crippen molar-refractivity contribution in [3.63, 3.8) is 0 Å². The number of carbonyl (C=O) groups is 2. The molecular weight excluding hydrogens is 400 g/mol. The molecule has 1 unspecified atom stereocenters. The largest absolute Gasteiger partial charge is 0.368 e. The van der Waals surface area contributed by atoms with Gasteiger partial charge in [-0.3, -0.25) is 14.6 Å². The van der Waals surface area contributed by atoms with Crippen LogP contribution in [0.15, 0.2) is 54.7 Å². The first-order valence-electron chi connectivity index (χ1n) is 10.4. The molecule has 0 saturated carbocycles. The number of amides is 2. The van der Waals surface area contributed by atoms with Gasteiger partial charge in [0.15, 0.2) is 0 Å². The number of carbonyl (C=O) groups excluding carboxylic acids is 2. The maximum atomic E-state index is 12.8. The van der Waals surface area contributed by atoms with Crippen LogP contribution in [0.1, 0.15) is 49.3 Å². The number of nitrogens with two attached hydrogens (primary N) is 1. The molecule has 0 fully saturated rings. The molecule has 3 aromatic rings. The lowest BCUT2D eigenvalue weighted by molar-refractivity contribution is -0.120. The SMILES string of the molecule is C.Cc1ccc(-c2ncc(C(=O)NC(CC(C)C)C(N)=O)nc2-c2ccc(C)cc2)cc1. The van der Waals surface area contributed by atoms with Crippen LogP contribution in [0.3, 0.4) is 0 Å². The molecule has 1 aromatic heterocycles. The molecule has 3 N–H and O–H groups in total. The molecule has 0 radical (unpaired) electrons. The Kier molecular flexibility index (Phi) is 8.24. The molecule has 0 aliphatic rings. The molecule has 0 aliphatic carbocycles. The summed E-state index contributed by atoms with van der Waals surface area (Å²) in [5.74, 6) is -0.832. The second-order valence-electron chi connectivity index (χ2n) is 8.24. The summed E-state index contributed by atoms with van der Waals surface area (Å²) in [7, 11) is 0. The van der Waals surface area contributed by atoms with E-state index in [9.17, 15) is 9.59 Å². The molecule has 2 amide bonds. The first-order chi connectivity index (χ1) is 14.7. The predicted octanol–water partition coefficient (Wildman–Crippen LogP) is 4.69. The fourth-order valence-corrected chi connectivity index (χ4v) is 3.28. The van der Waals surface area contributed by atoms with E-state index in [1.54, 1.807) is 0 Å². The molecule has 6 nitrogen and oxygen atoms in total. The van der Waals surface area contributed by atoms with Crippen molar-refractivity contribution in [3.05, 3.63) is 71.5 Å². The highest BCUT2D eigenvalue weighted by atomic mass is 16.2. The van der Waals surface area contributed by atoms with E-state index in [-0.39, 0.29) is 19.0 Å². The topological polar surface area (TPSA) is 98.0 Å². The number of hydrogen-bond donors (Lipinski definition) is 2. The van der Waals surface area contributed by atoms with E-state index in [1.165, 1.54) is 6.20 Å². The molecule has 1 heterocycles. The van der Waals surface area contributed by atoms with E-state index in [4.69, 9.17) is 5.73 Å². The molecular formula is C26H32N4O2. The summed E-state index contributed by atoms with van der Waals surface area (Å²) in [5.41, 5.74) is 10.9. The second-order valence-corrected chi connectivity index (χ2v) is 8.24. The molecule has 0 saturated heterocycles. The Labute approximate surface area is 190 Å². The Balaban J connectivity index is 0.00000363. The fraction of sp³-hybridized carbons (Fsp3) is 0.308. The Morgan fingerprint density at radius 3 is 1.88 bits per heavy atom. The number of nitrogens with one attached hydrogen (secondary N) is 1. The highest BCUT2D eigenvalue weighted by Crippen LogP contribution is 2.29. The number of rotatable bonds is 7. The van der Waals surface area contributed by atoms with Crippen molar-refractivity contribution in [1.82, 2.24) is 15.3 Å². The predicted molar refractivity (Wildman–Crippen MR) is 129 cm³/mol. The van der Waals surface area contributed by atoms with Crippen molar-refractivity contribution < 1.29 is 9.59 Å². The molecule has 3 rings (SSSR count). The Morgan fingerprint density at radius 1 is 0.906 bits per heavy atom. The van der Waals surface area contributed by atoms with Gasteiger partial charge in [0.05, 0.1) is 17.6 Å². The Bertz CT molecular complexity index is 1070. The van der Waals surface area contributed by atoms with Crippen LogP contribution < -0.4 is 11.1 Å². The molecule has 2 aromatic carbocycles. The fourth-order valence-electron chi connectivity index (χ4n) is 3.28. The highest BCUT2D eigenvalue weighted by molar-refractivity contribution is 5.96. The molecule has 1 atom stereocenters. The van der Waals surface area contributed by atoms with Gasteiger partial charge in [0, 0.05) is 11.1 Å². The minimum atomic E-state index is -0.756. The third-order valence-corrected chi connectivity index (χ3v) is 5.01. The van der Waals surface area contributed by atoms with Crippen LogP contribution in [-0.2, 0) is 4.79 Å². The molecule has 6 heteroatoms. The second kappa shape index (κ2) is 10.7. The lowest BCUT2D eigenvalue weighted by atomic mass is 10.0. The van der Waals surface area contributed by atoms with Gasteiger partial charge in [-0.15, -0.1) is 0 Å². The number of aryl methyl sites for hydroxylation is 2. The van der Waals surface area contributed by atoms with Gasteiger partial charge < -0.3 is 11.1 Å². The summed E-state index contributed by atoms with van der Waals surface area (Å²) in [4.78, 5) is 33.8. The lowest BCUT2D eigenvalue weighted by Gasteiger charge is -2.17. The minimum Gasteiger partial charge on any atom is -0.368 e. The number of hydrogen-bond acceptors (Lipinski definition) is 4. The standard InChI is InChI=1S/C25H28N4O2.CH4/c1-15(2)13-20(24(26)30)29-25(31)21-14-27-22(18-9-5-16(3)6-10-18)23(28-21)19-11-7-17(4)8-12-19;/h5-12,14-15,20H,13H2,1-4H3,(H2,26,30)(H,29,31);1H4. The smallest absolute Gasteiger partial charge is 0.272 e.